The molecule has 1 unspecified atom stereocenters. The van der Waals surface area contributed by atoms with Gasteiger partial charge in [-0.2, -0.15) is 0 Å². The van der Waals surface area contributed by atoms with E-state index in [1.54, 1.807) is 0 Å². The van der Waals surface area contributed by atoms with Crippen LogP contribution in [0.5, 0.6) is 0 Å². The van der Waals surface area contributed by atoms with Gasteiger partial charge in [0, 0.05) is 44.1 Å². The van der Waals surface area contributed by atoms with Crippen molar-refractivity contribution in [3.05, 3.63) is 12.4 Å². The van der Waals surface area contributed by atoms with Crippen LogP contribution in [0.2, 0.25) is 0 Å². The van der Waals surface area contributed by atoms with Crippen LogP contribution in [0, 0.1) is 0 Å². The number of hydrogen-bond acceptors (Lipinski definition) is 4. The van der Waals surface area contributed by atoms with Crippen LogP contribution in [0.4, 0.5) is 5.95 Å². The first-order valence-corrected chi connectivity index (χ1v) is 6.76. The Kier molecular flexibility index (Phi) is 4.60. The molecule has 2 rings (SSSR count). The van der Waals surface area contributed by atoms with Gasteiger partial charge < -0.3 is 14.6 Å². The van der Waals surface area contributed by atoms with E-state index in [0.29, 0.717) is 12.1 Å². The lowest BCUT2D eigenvalue weighted by Gasteiger charge is -2.30. The lowest BCUT2D eigenvalue weighted by molar-refractivity contribution is 0.0326. The van der Waals surface area contributed by atoms with E-state index in [4.69, 9.17) is 4.74 Å². The molecule has 1 aromatic heterocycles. The number of imidazole rings is 1. The van der Waals surface area contributed by atoms with Gasteiger partial charge >= 0.3 is 0 Å². The van der Waals surface area contributed by atoms with Gasteiger partial charge in [0.1, 0.15) is 0 Å². The number of hydrogen-bond donors (Lipinski definition) is 1. The second-order valence-corrected chi connectivity index (χ2v) is 5.22. The third-order valence-corrected chi connectivity index (χ3v) is 3.19. The van der Waals surface area contributed by atoms with Crippen LogP contribution in [0.15, 0.2) is 12.4 Å². The van der Waals surface area contributed by atoms with E-state index >= 15 is 0 Å². The SMILES string of the molecule is CC(C)Nc1nccn1C(C)CN1CCOCC1. The largest absolute Gasteiger partial charge is 0.379 e. The molecule has 1 saturated heterocycles. The first-order valence-electron chi connectivity index (χ1n) is 6.76. The molecular weight excluding hydrogens is 228 g/mol. The molecule has 5 heteroatoms. The molecule has 0 bridgehead atoms. The Morgan fingerprint density at radius 3 is 2.72 bits per heavy atom. The van der Waals surface area contributed by atoms with Crippen LogP contribution >= 0.6 is 0 Å². The minimum atomic E-state index is 0.404. The standard InChI is InChI=1S/C13H24N4O/c1-11(2)15-13-14-4-5-17(13)12(3)10-16-6-8-18-9-7-16/h4-5,11-12H,6-10H2,1-3H3,(H,14,15). The van der Waals surface area contributed by atoms with Gasteiger partial charge in [0.05, 0.1) is 13.2 Å². The lowest BCUT2D eigenvalue weighted by atomic mass is 10.3. The highest BCUT2D eigenvalue weighted by Gasteiger charge is 2.16. The molecule has 0 saturated carbocycles. The van der Waals surface area contributed by atoms with E-state index in [1.807, 2.05) is 6.20 Å². The molecule has 0 radical (unpaired) electrons. The van der Waals surface area contributed by atoms with Crippen LogP contribution in [0.1, 0.15) is 26.8 Å². The van der Waals surface area contributed by atoms with Crippen LogP contribution in [-0.4, -0.2) is 53.3 Å². The third-order valence-electron chi connectivity index (χ3n) is 3.19. The third kappa shape index (κ3) is 3.46. The van der Waals surface area contributed by atoms with Crippen molar-refractivity contribution in [2.45, 2.75) is 32.9 Å². The zero-order chi connectivity index (χ0) is 13.0. The normalized spacial score (nSPS) is 19.1. The van der Waals surface area contributed by atoms with Gasteiger partial charge in [0.25, 0.3) is 0 Å². The van der Waals surface area contributed by atoms with E-state index in [1.165, 1.54) is 0 Å². The number of nitrogens with one attached hydrogen (secondary N) is 1. The van der Waals surface area contributed by atoms with Crippen LogP contribution in [-0.2, 0) is 4.74 Å². The van der Waals surface area contributed by atoms with E-state index in [-0.39, 0.29) is 0 Å². The second kappa shape index (κ2) is 6.20. The van der Waals surface area contributed by atoms with Gasteiger partial charge in [-0.1, -0.05) is 0 Å². The van der Waals surface area contributed by atoms with Gasteiger partial charge in [0.2, 0.25) is 5.95 Å². The highest BCUT2D eigenvalue weighted by Crippen LogP contribution is 2.16. The van der Waals surface area contributed by atoms with Crippen LogP contribution in [0.3, 0.4) is 0 Å². The van der Waals surface area contributed by atoms with Crippen LogP contribution in [0.25, 0.3) is 0 Å². The Hall–Kier alpha value is -1.07. The number of anilines is 1. The summed E-state index contributed by atoms with van der Waals surface area (Å²) in [5.74, 6) is 0.964. The average molecular weight is 252 g/mol. The van der Waals surface area contributed by atoms with E-state index < -0.39 is 0 Å². The number of nitrogens with zero attached hydrogens (tertiary/aromatic N) is 3. The molecule has 2 heterocycles. The first-order chi connectivity index (χ1) is 8.66. The predicted molar refractivity (Wildman–Crippen MR) is 73.0 cm³/mol. The van der Waals surface area contributed by atoms with Crippen molar-refractivity contribution in [1.82, 2.24) is 14.5 Å². The summed E-state index contributed by atoms with van der Waals surface area (Å²) in [6.45, 7) is 11.3. The molecule has 0 aliphatic carbocycles. The zero-order valence-electron chi connectivity index (χ0n) is 11.6. The summed E-state index contributed by atoms with van der Waals surface area (Å²) in [4.78, 5) is 6.83. The average Bonchev–Trinajstić information content (AvgIpc) is 2.77. The first kappa shape index (κ1) is 13.4. The summed E-state index contributed by atoms with van der Waals surface area (Å²) in [7, 11) is 0. The molecule has 1 aliphatic heterocycles. The van der Waals surface area contributed by atoms with E-state index in [9.17, 15) is 0 Å². The molecule has 0 aromatic carbocycles. The minimum Gasteiger partial charge on any atom is -0.379 e. The highest BCUT2D eigenvalue weighted by molar-refractivity contribution is 5.27. The van der Waals surface area contributed by atoms with Crippen molar-refractivity contribution in [2.75, 3.05) is 38.2 Å². The fourth-order valence-corrected chi connectivity index (χ4v) is 2.28. The maximum atomic E-state index is 5.38. The van der Waals surface area contributed by atoms with Crippen molar-refractivity contribution in [3.63, 3.8) is 0 Å². The number of morpholine rings is 1. The summed E-state index contributed by atoms with van der Waals surface area (Å²) >= 11 is 0. The molecule has 1 aromatic rings. The molecule has 102 valence electrons. The molecule has 1 N–H and O–H groups in total. The fourth-order valence-electron chi connectivity index (χ4n) is 2.28. The van der Waals surface area contributed by atoms with Gasteiger partial charge in [-0.15, -0.1) is 0 Å². The number of rotatable bonds is 5. The Morgan fingerprint density at radius 1 is 1.33 bits per heavy atom. The summed E-state index contributed by atoms with van der Waals surface area (Å²) < 4.78 is 7.59. The van der Waals surface area contributed by atoms with Crippen molar-refractivity contribution >= 4 is 5.95 Å². The highest BCUT2D eigenvalue weighted by atomic mass is 16.5. The van der Waals surface area contributed by atoms with Gasteiger partial charge in [-0.25, -0.2) is 4.98 Å². The molecular formula is C13H24N4O. The topological polar surface area (TPSA) is 42.3 Å². The number of ether oxygens (including phenoxy) is 1. The molecule has 0 amide bonds. The van der Waals surface area contributed by atoms with E-state index in [2.05, 4.69) is 46.7 Å². The van der Waals surface area contributed by atoms with Gasteiger partial charge in [0.15, 0.2) is 0 Å². The van der Waals surface area contributed by atoms with Crippen LogP contribution < -0.4 is 5.32 Å². The van der Waals surface area contributed by atoms with Gasteiger partial charge in [-0.05, 0) is 20.8 Å². The Labute approximate surface area is 109 Å². The molecule has 1 aliphatic rings. The summed E-state index contributed by atoms with van der Waals surface area (Å²) in [5, 5.41) is 3.38. The summed E-state index contributed by atoms with van der Waals surface area (Å²) in [6.07, 6.45) is 3.91. The molecule has 5 nitrogen and oxygen atoms in total. The Bertz CT molecular complexity index is 358. The summed E-state index contributed by atoms with van der Waals surface area (Å²) in [6, 6.07) is 0.827. The van der Waals surface area contributed by atoms with Crippen molar-refractivity contribution in [2.24, 2.45) is 0 Å². The predicted octanol–water partition coefficient (Wildman–Crippen LogP) is 1.60. The Balaban J connectivity index is 1.95. The second-order valence-electron chi connectivity index (χ2n) is 5.22. The lowest BCUT2D eigenvalue weighted by Crippen LogP contribution is -2.39. The minimum absolute atomic E-state index is 0.404. The maximum absolute atomic E-state index is 5.38. The molecule has 1 atom stereocenters. The quantitative estimate of drug-likeness (QED) is 0.864. The zero-order valence-corrected chi connectivity index (χ0v) is 11.6. The molecule has 18 heavy (non-hydrogen) atoms. The Morgan fingerprint density at radius 2 is 2.06 bits per heavy atom. The van der Waals surface area contributed by atoms with Crippen molar-refractivity contribution < 1.29 is 4.74 Å². The van der Waals surface area contributed by atoms with E-state index in [0.717, 1.165) is 38.8 Å². The smallest absolute Gasteiger partial charge is 0.203 e. The fraction of sp³-hybridized carbons (Fsp3) is 0.769. The maximum Gasteiger partial charge on any atom is 0.203 e. The monoisotopic (exact) mass is 252 g/mol. The molecule has 1 fully saturated rings. The van der Waals surface area contributed by atoms with Gasteiger partial charge in [-0.3, -0.25) is 4.90 Å². The van der Waals surface area contributed by atoms with Crippen molar-refractivity contribution in [1.29, 1.82) is 0 Å². The number of aromatic nitrogens is 2. The summed E-state index contributed by atoms with van der Waals surface area (Å²) in [5.41, 5.74) is 0. The van der Waals surface area contributed by atoms with Crippen molar-refractivity contribution in [3.8, 4) is 0 Å². The molecule has 0 spiro atoms.